The second kappa shape index (κ2) is 6.54. The molecule has 5 heteroatoms. The molecule has 5 rings (SSSR count). The molecular formula is C23H25NO4. The number of methoxy groups -OCH3 is 3. The standard InChI is InChI=1S/C23H25NO4/c1-26-15-4-5-16-18(8-15)20-10-23(28-3)22(27-2)9-19(20)17-7-13-6-14(25)11-24(13)12-21(16)17/h4-5,8-10,13-14,25H,6-7,11-12H2,1-3H3/t13-,14+/m1/s1. The van der Waals surface area contributed by atoms with Gasteiger partial charge in [-0.2, -0.15) is 0 Å². The third-order valence-corrected chi connectivity index (χ3v) is 6.36. The second-order valence-electron chi connectivity index (χ2n) is 7.80. The average molecular weight is 379 g/mol. The van der Waals surface area contributed by atoms with Gasteiger partial charge < -0.3 is 19.3 Å². The molecule has 1 saturated heterocycles. The Kier molecular flexibility index (Phi) is 4.11. The van der Waals surface area contributed by atoms with Crippen molar-refractivity contribution >= 4 is 21.5 Å². The Labute approximate surface area is 164 Å². The van der Waals surface area contributed by atoms with Crippen LogP contribution in [0.25, 0.3) is 21.5 Å². The van der Waals surface area contributed by atoms with E-state index in [9.17, 15) is 5.11 Å². The van der Waals surface area contributed by atoms with Gasteiger partial charge in [0.15, 0.2) is 11.5 Å². The van der Waals surface area contributed by atoms with Crippen LogP contribution in [0.4, 0.5) is 0 Å². The van der Waals surface area contributed by atoms with E-state index in [1.165, 1.54) is 21.9 Å². The number of benzene rings is 3. The van der Waals surface area contributed by atoms with Crippen LogP contribution in [0, 0.1) is 0 Å². The molecule has 28 heavy (non-hydrogen) atoms. The summed E-state index contributed by atoms with van der Waals surface area (Å²) < 4.78 is 16.7. The molecule has 0 aliphatic carbocycles. The molecule has 0 saturated carbocycles. The minimum Gasteiger partial charge on any atom is -0.497 e. The van der Waals surface area contributed by atoms with Gasteiger partial charge in [0, 0.05) is 19.1 Å². The molecule has 0 radical (unpaired) electrons. The summed E-state index contributed by atoms with van der Waals surface area (Å²) in [5.41, 5.74) is 2.71. The highest BCUT2D eigenvalue weighted by Gasteiger charge is 2.36. The summed E-state index contributed by atoms with van der Waals surface area (Å²) in [5.74, 6) is 2.31. The van der Waals surface area contributed by atoms with Crippen molar-refractivity contribution in [1.82, 2.24) is 4.90 Å². The van der Waals surface area contributed by atoms with E-state index in [2.05, 4.69) is 29.2 Å². The van der Waals surface area contributed by atoms with Gasteiger partial charge in [0.1, 0.15) is 5.75 Å². The lowest BCUT2D eigenvalue weighted by atomic mass is 9.85. The fraction of sp³-hybridized carbons (Fsp3) is 0.391. The molecule has 0 unspecified atom stereocenters. The van der Waals surface area contributed by atoms with E-state index in [0.29, 0.717) is 6.04 Å². The molecule has 0 spiro atoms. The number of ether oxygens (including phenoxy) is 3. The third kappa shape index (κ3) is 2.54. The van der Waals surface area contributed by atoms with E-state index >= 15 is 0 Å². The van der Waals surface area contributed by atoms with Crippen molar-refractivity contribution < 1.29 is 19.3 Å². The van der Waals surface area contributed by atoms with Crippen LogP contribution in [-0.2, 0) is 13.0 Å². The van der Waals surface area contributed by atoms with Crippen molar-refractivity contribution in [3.8, 4) is 17.2 Å². The minimum atomic E-state index is -0.230. The van der Waals surface area contributed by atoms with Crippen LogP contribution >= 0.6 is 0 Å². The molecule has 0 amide bonds. The highest BCUT2D eigenvalue weighted by molar-refractivity contribution is 6.12. The monoisotopic (exact) mass is 379 g/mol. The van der Waals surface area contributed by atoms with E-state index < -0.39 is 0 Å². The smallest absolute Gasteiger partial charge is 0.161 e. The van der Waals surface area contributed by atoms with Crippen molar-refractivity contribution in [2.24, 2.45) is 0 Å². The quantitative estimate of drug-likeness (QED) is 0.706. The Morgan fingerprint density at radius 2 is 1.57 bits per heavy atom. The van der Waals surface area contributed by atoms with E-state index in [4.69, 9.17) is 14.2 Å². The Morgan fingerprint density at radius 1 is 0.857 bits per heavy atom. The maximum absolute atomic E-state index is 10.2. The predicted octanol–water partition coefficient (Wildman–Crippen LogP) is 3.51. The fourth-order valence-corrected chi connectivity index (χ4v) is 5.03. The number of hydrogen-bond acceptors (Lipinski definition) is 5. The summed E-state index contributed by atoms with van der Waals surface area (Å²) in [5, 5.41) is 14.9. The molecule has 146 valence electrons. The van der Waals surface area contributed by atoms with Crippen LogP contribution < -0.4 is 14.2 Å². The van der Waals surface area contributed by atoms with Crippen LogP contribution in [0.1, 0.15) is 17.5 Å². The topological polar surface area (TPSA) is 51.2 Å². The van der Waals surface area contributed by atoms with Crippen LogP contribution in [-0.4, -0.2) is 50.0 Å². The SMILES string of the molecule is COc1ccc2c3c(c4cc(OC)c(OC)cc4c2c1)C[C@H]1C[C@H](O)CN1C3. The maximum Gasteiger partial charge on any atom is 0.161 e. The van der Waals surface area contributed by atoms with Gasteiger partial charge in [-0.25, -0.2) is 0 Å². The summed E-state index contributed by atoms with van der Waals surface area (Å²) in [7, 11) is 5.04. The summed E-state index contributed by atoms with van der Waals surface area (Å²) >= 11 is 0. The van der Waals surface area contributed by atoms with Gasteiger partial charge in [-0.3, -0.25) is 4.90 Å². The van der Waals surface area contributed by atoms with Gasteiger partial charge in [-0.1, -0.05) is 6.07 Å². The summed E-state index contributed by atoms with van der Waals surface area (Å²) in [4.78, 5) is 2.42. The fourth-order valence-electron chi connectivity index (χ4n) is 5.03. The first kappa shape index (κ1) is 17.6. The number of aliphatic hydroxyl groups excluding tert-OH is 1. The number of aliphatic hydroxyl groups is 1. The van der Waals surface area contributed by atoms with Gasteiger partial charge in [0.05, 0.1) is 27.4 Å². The zero-order valence-corrected chi connectivity index (χ0v) is 16.5. The number of hydrogen-bond donors (Lipinski definition) is 1. The van der Waals surface area contributed by atoms with Crippen molar-refractivity contribution in [3.05, 3.63) is 41.5 Å². The number of rotatable bonds is 3. The largest absolute Gasteiger partial charge is 0.497 e. The van der Waals surface area contributed by atoms with Crippen LogP contribution in [0.15, 0.2) is 30.3 Å². The van der Waals surface area contributed by atoms with E-state index in [-0.39, 0.29) is 6.10 Å². The molecule has 5 nitrogen and oxygen atoms in total. The van der Waals surface area contributed by atoms with E-state index in [1.807, 2.05) is 6.07 Å². The number of fused-ring (bicyclic) bond motifs is 7. The Bertz CT molecular complexity index is 1080. The zero-order chi connectivity index (χ0) is 19.4. The van der Waals surface area contributed by atoms with Crippen LogP contribution in [0.2, 0.25) is 0 Å². The second-order valence-corrected chi connectivity index (χ2v) is 7.80. The maximum atomic E-state index is 10.2. The normalized spacial score (nSPS) is 21.6. The van der Waals surface area contributed by atoms with Gasteiger partial charge in [0.2, 0.25) is 0 Å². The first-order valence-electron chi connectivity index (χ1n) is 9.72. The Morgan fingerprint density at radius 3 is 2.29 bits per heavy atom. The lowest BCUT2D eigenvalue weighted by molar-refractivity contribution is 0.171. The molecule has 3 aromatic rings. The van der Waals surface area contributed by atoms with Gasteiger partial charge in [0.25, 0.3) is 0 Å². The van der Waals surface area contributed by atoms with Gasteiger partial charge in [-0.15, -0.1) is 0 Å². The Balaban J connectivity index is 1.85. The lowest BCUT2D eigenvalue weighted by Crippen LogP contribution is -2.35. The molecule has 1 fully saturated rings. The van der Waals surface area contributed by atoms with Crippen LogP contribution in [0.5, 0.6) is 17.2 Å². The van der Waals surface area contributed by atoms with Crippen molar-refractivity contribution in [2.75, 3.05) is 27.9 Å². The highest BCUT2D eigenvalue weighted by Crippen LogP contribution is 2.44. The number of nitrogens with zero attached hydrogens (tertiary/aromatic N) is 1. The van der Waals surface area contributed by atoms with Gasteiger partial charge >= 0.3 is 0 Å². The third-order valence-electron chi connectivity index (χ3n) is 6.36. The molecule has 2 aliphatic heterocycles. The first-order valence-corrected chi connectivity index (χ1v) is 9.72. The summed E-state index contributed by atoms with van der Waals surface area (Å²) in [6.45, 7) is 1.62. The molecule has 2 heterocycles. The predicted molar refractivity (Wildman–Crippen MR) is 110 cm³/mol. The minimum absolute atomic E-state index is 0.230. The van der Waals surface area contributed by atoms with Crippen molar-refractivity contribution in [1.29, 1.82) is 0 Å². The molecule has 1 N–H and O–H groups in total. The molecular weight excluding hydrogens is 354 g/mol. The molecule has 0 bridgehead atoms. The molecule has 0 aromatic heterocycles. The van der Waals surface area contributed by atoms with Gasteiger partial charge in [-0.05, 0) is 69.8 Å². The Hall–Kier alpha value is -2.50. The highest BCUT2D eigenvalue weighted by atomic mass is 16.5. The summed E-state index contributed by atoms with van der Waals surface area (Å²) in [6, 6.07) is 10.9. The summed E-state index contributed by atoms with van der Waals surface area (Å²) in [6.07, 6.45) is 1.56. The lowest BCUT2D eigenvalue weighted by Gasteiger charge is -2.33. The molecule has 2 atom stereocenters. The average Bonchev–Trinajstić information content (AvgIpc) is 3.10. The van der Waals surface area contributed by atoms with Crippen LogP contribution in [0.3, 0.4) is 0 Å². The van der Waals surface area contributed by atoms with E-state index in [1.54, 1.807) is 21.3 Å². The van der Waals surface area contributed by atoms with Crippen molar-refractivity contribution in [2.45, 2.75) is 31.5 Å². The molecule has 3 aromatic carbocycles. The molecule has 2 aliphatic rings. The first-order chi connectivity index (χ1) is 13.6. The zero-order valence-electron chi connectivity index (χ0n) is 16.5. The van der Waals surface area contributed by atoms with E-state index in [0.717, 1.165) is 54.0 Å². The van der Waals surface area contributed by atoms with Crippen molar-refractivity contribution in [3.63, 3.8) is 0 Å².